The highest BCUT2D eigenvalue weighted by molar-refractivity contribution is 7.09. The number of hydrogen-bond donors (Lipinski definition) is 0. The van der Waals surface area contributed by atoms with E-state index < -0.39 is 0 Å². The number of nitrogens with zero attached hydrogens (tertiary/aromatic N) is 2. The van der Waals surface area contributed by atoms with E-state index in [9.17, 15) is 4.79 Å². The lowest BCUT2D eigenvalue weighted by Crippen LogP contribution is -2.18. The van der Waals surface area contributed by atoms with Crippen LogP contribution in [0, 0.1) is 5.92 Å². The minimum Gasteiger partial charge on any atom is -0.474 e. The van der Waals surface area contributed by atoms with Crippen LogP contribution < -0.4 is 4.74 Å². The van der Waals surface area contributed by atoms with Crippen molar-refractivity contribution < 1.29 is 14.3 Å². The summed E-state index contributed by atoms with van der Waals surface area (Å²) >= 11 is 1.78. The van der Waals surface area contributed by atoms with Crippen molar-refractivity contribution in [3.05, 3.63) is 52.3 Å². The van der Waals surface area contributed by atoms with Crippen LogP contribution in [0.5, 0.6) is 5.88 Å². The highest BCUT2D eigenvalue weighted by Gasteiger charge is 2.20. The Morgan fingerprint density at radius 2 is 1.69 bits per heavy atom. The molecule has 0 amide bonds. The van der Waals surface area contributed by atoms with Gasteiger partial charge in [0.1, 0.15) is 11.8 Å². The molecule has 3 aromatic rings. The van der Waals surface area contributed by atoms with Crippen molar-refractivity contribution in [2.24, 2.45) is 5.92 Å². The Kier molecular flexibility index (Phi) is 9.03. The van der Waals surface area contributed by atoms with Gasteiger partial charge in [-0.25, -0.2) is 9.97 Å². The molecule has 0 N–H and O–H groups in total. The summed E-state index contributed by atoms with van der Waals surface area (Å²) in [5, 5.41) is 2.10. The van der Waals surface area contributed by atoms with Gasteiger partial charge in [-0.15, -0.1) is 11.3 Å². The highest BCUT2D eigenvalue weighted by Crippen LogP contribution is 2.23. The molecule has 2 aromatic heterocycles. The number of hydrogen-bond acceptors (Lipinski definition) is 6. The molecule has 1 saturated carbocycles. The maximum Gasteiger partial charge on any atom is 0.308 e. The van der Waals surface area contributed by atoms with Crippen molar-refractivity contribution in [3.8, 4) is 5.88 Å². The van der Waals surface area contributed by atoms with Crippen LogP contribution in [0.15, 0.2) is 41.8 Å². The zero-order valence-corrected chi connectivity index (χ0v) is 20.4. The van der Waals surface area contributed by atoms with Crippen molar-refractivity contribution >= 4 is 28.3 Å². The number of carbonyl (C=O) groups excluding carboxylic acids is 1. The zero-order chi connectivity index (χ0) is 22.9. The SMILES string of the molecule is CC(C)C(=O)OC1CCCC1.CC(C)Oc1nc2ccccc2nc1CCc1cccs1. The first-order chi connectivity index (χ1) is 15.4. The molecule has 0 aliphatic heterocycles. The summed E-state index contributed by atoms with van der Waals surface area (Å²) in [5.41, 5.74) is 2.75. The van der Waals surface area contributed by atoms with E-state index in [0.29, 0.717) is 5.88 Å². The molecule has 2 heterocycles. The second-order valence-corrected chi connectivity index (χ2v) is 9.74. The third-order valence-electron chi connectivity index (χ3n) is 5.20. The topological polar surface area (TPSA) is 61.3 Å². The molecular formula is C26H34N2O3S. The van der Waals surface area contributed by atoms with E-state index in [0.717, 1.165) is 42.4 Å². The summed E-state index contributed by atoms with van der Waals surface area (Å²) in [6.07, 6.45) is 6.72. The van der Waals surface area contributed by atoms with Gasteiger partial charge in [-0.1, -0.05) is 32.0 Å². The van der Waals surface area contributed by atoms with Gasteiger partial charge in [-0.3, -0.25) is 4.79 Å². The maximum absolute atomic E-state index is 11.1. The van der Waals surface area contributed by atoms with Gasteiger partial charge < -0.3 is 9.47 Å². The molecule has 1 aliphatic rings. The average Bonchev–Trinajstić information content (AvgIpc) is 3.46. The molecule has 0 unspecified atom stereocenters. The Bertz CT molecular complexity index is 980. The molecule has 0 radical (unpaired) electrons. The molecule has 1 fully saturated rings. The summed E-state index contributed by atoms with van der Waals surface area (Å²) in [6.45, 7) is 7.77. The summed E-state index contributed by atoms with van der Waals surface area (Å²) < 4.78 is 11.1. The predicted molar refractivity (Wildman–Crippen MR) is 130 cm³/mol. The fraction of sp³-hybridized carbons (Fsp3) is 0.500. The fourth-order valence-electron chi connectivity index (χ4n) is 3.50. The lowest BCUT2D eigenvalue weighted by molar-refractivity contribution is -0.152. The molecule has 172 valence electrons. The largest absolute Gasteiger partial charge is 0.474 e. The Balaban J connectivity index is 0.000000222. The monoisotopic (exact) mass is 454 g/mol. The Morgan fingerprint density at radius 3 is 2.28 bits per heavy atom. The number of carbonyl (C=O) groups is 1. The standard InChI is InChI=1S/C17H18N2OS.C9H16O2/c1-12(2)20-17-16(10-9-13-6-5-11-21-13)18-14-7-3-4-8-15(14)19-17;1-7(2)9(10)11-8-5-3-4-6-8/h3-8,11-12H,9-10H2,1-2H3;7-8H,3-6H2,1-2H3. The Labute approximate surface area is 195 Å². The second kappa shape index (κ2) is 12.0. The Hall–Kier alpha value is -2.47. The van der Waals surface area contributed by atoms with Crippen LogP contribution >= 0.6 is 11.3 Å². The van der Waals surface area contributed by atoms with E-state index in [-0.39, 0.29) is 24.1 Å². The number of fused-ring (bicyclic) bond motifs is 1. The summed E-state index contributed by atoms with van der Waals surface area (Å²) in [5.74, 6) is 0.646. The molecule has 6 heteroatoms. The first kappa shape index (κ1) is 24.2. The minimum absolute atomic E-state index is 0.0237. The van der Waals surface area contributed by atoms with Crippen molar-refractivity contribution in [1.82, 2.24) is 9.97 Å². The number of thiophene rings is 1. The molecule has 32 heavy (non-hydrogen) atoms. The van der Waals surface area contributed by atoms with Crippen LogP contribution in [0.2, 0.25) is 0 Å². The number of benzene rings is 1. The second-order valence-electron chi connectivity index (χ2n) is 8.71. The van der Waals surface area contributed by atoms with E-state index >= 15 is 0 Å². The minimum atomic E-state index is -0.0445. The number of aromatic nitrogens is 2. The first-order valence-electron chi connectivity index (χ1n) is 11.6. The van der Waals surface area contributed by atoms with Crippen LogP contribution in [-0.2, 0) is 22.4 Å². The van der Waals surface area contributed by atoms with Gasteiger partial charge in [-0.05, 0) is 76.0 Å². The van der Waals surface area contributed by atoms with Gasteiger partial charge in [-0.2, -0.15) is 0 Å². The van der Waals surface area contributed by atoms with E-state index in [1.54, 1.807) is 11.3 Å². The van der Waals surface area contributed by atoms with Crippen LogP contribution in [-0.4, -0.2) is 28.1 Å². The van der Waals surface area contributed by atoms with Gasteiger partial charge in [0.2, 0.25) is 5.88 Å². The van der Waals surface area contributed by atoms with Crippen molar-refractivity contribution in [2.45, 2.75) is 78.4 Å². The van der Waals surface area contributed by atoms with E-state index in [2.05, 4.69) is 22.5 Å². The number of para-hydroxylation sites is 2. The third-order valence-corrected chi connectivity index (χ3v) is 6.13. The number of rotatable bonds is 7. The maximum atomic E-state index is 11.1. The predicted octanol–water partition coefficient (Wildman–Crippen LogP) is 6.39. The van der Waals surface area contributed by atoms with Crippen molar-refractivity contribution in [1.29, 1.82) is 0 Å². The number of ether oxygens (including phenoxy) is 2. The van der Waals surface area contributed by atoms with E-state index in [1.807, 2.05) is 52.0 Å². The number of esters is 1. The van der Waals surface area contributed by atoms with Gasteiger partial charge in [0, 0.05) is 4.88 Å². The highest BCUT2D eigenvalue weighted by atomic mass is 32.1. The smallest absolute Gasteiger partial charge is 0.308 e. The lowest BCUT2D eigenvalue weighted by Gasteiger charge is -2.13. The molecule has 0 bridgehead atoms. The fourth-order valence-corrected chi connectivity index (χ4v) is 4.21. The molecule has 4 rings (SSSR count). The zero-order valence-electron chi connectivity index (χ0n) is 19.5. The summed E-state index contributed by atoms with van der Waals surface area (Å²) in [4.78, 5) is 21.8. The molecule has 0 saturated heterocycles. The Morgan fingerprint density at radius 1 is 1.00 bits per heavy atom. The summed E-state index contributed by atoms with van der Waals surface area (Å²) in [7, 11) is 0. The van der Waals surface area contributed by atoms with Crippen LogP contribution in [0.1, 0.15) is 63.9 Å². The normalized spacial score (nSPS) is 13.9. The van der Waals surface area contributed by atoms with Gasteiger partial charge in [0.05, 0.1) is 23.1 Å². The average molecular weight is 455 g/mol. The third kappa shape index (κ3) is 7.30. The molecule has 0 spiro atoms. The van der Waals surface area contributed by atoms with Gasteiger partial charge >= 0.3 is 5.97 Å². The van der Waals surface area contributed by atoms with Crippen LogP contribution in [0.4, 0.5) is 0 Å². The van der Waals surface area contributed by atoms with Crippen molar-refractivity contribution in [3.63, 3.8) is 0 Å². The summed E-state index contributed by atoms with van der Waals surface area (Å²) in [6, 6.07) is 12.2. The van der Waals surface area contributed by atoms with E-state index in [4.69, 9.17) is 14.5 Å². The molecule has 1 aliphatic carbocycles. The van der Waals surface area contributed by atoms with E-state index in [1.165, 1.54) is 17.7 Å². The molecule has 0 atom stereocenters. The van der Waals surface area contributed by atoms with Crippen molar-refractivity contribution in [2.75, 3.05) is 0 Å². The first-order valence-corrected chi connectivity index (χ1v) is 12.5. The molecule has 5 nitrogen and oxygen atoms in total. The lowest BCUT2D eigenvalue weighted by atomic mass is 10.2. The number of aryl methyl sites for hydroxylation is 2. The van der Waals surface area contributed by atoms with Crippen LogP contribution in [0.25, 0.3) is 11.0 Å². The quantitative estimate of drug-likeness (QED) is 0.387. The van der Waals surface area contributed by atoms with Gasteiger partial charge in [0.25, 0.3) is 0 Å². The van der Waals surface area contributed by atoms with Gasteiger partial charge in [0.15, 0.2) is 0 Å². The molecule has 1 aromatic carbocycles. The molecular weight excluding hydrogens is 420 g/mol. The van der Waals surface area contributed by atoms with Crippen LogP contribution in [0.3, 0.4) is 0 Å².